The van der Waals surface area contributed by atoms with E-state index in [2.05, 4.69) is 20.3 Å². The minimum atomic E-state index is -0.113. The van der Waals surface area contributed by atoms with Crippen molar-refractivity contribution in [3.8, 4) is 0 Å². The number of rotatable bonds is 4. The maximum absolute atomic E-state index is 12.2. The van der Waals surface area contributed by atoms with Gasteiger partial charge in [-0.15, -0.1) is 0 Å². The van der Waals surface area contributed by atoms with E-state index in [1.54, 1.807) is 12.4 Å². The number of nitrogens with one attached hydrogen (secondary N) is 1. The standard InChI is InChI=1S/C20H16N4OS/c25-19-18(13-14-6-7-17-15(12-14)4-3-10-22-17)26-20(24-19)23-11-8-16-5-1-2-9-21-16/h1-7,9-10,12-13H,8,11H2,(H,23,24,25)/b18-13-. The molecule has 2 aromatic heterocycles. The van der Waals surface area contributed by atoms with E-state index >= 15 is 0 Å². The van der Waals surface area contributed by atoms with Crippen LogP contribution in [0.15, 0.2) is 70.8 Å². The van der Waals surface area contributed by atoms with E-state index < -0.39 is 0 Å². The van der Waals surface area contributed by atoms with Gasteiger partial charge in [-0.2, -0.15) is 0 Å². The Labute approximate surface area is 155 Å². The highest BCUT2D eigenvalue weighted by Crippen LogP contribution is 2.26. The summed E-state index contributed by atoms with van der Waals surface area (Å²) in [5.74, 6) is -0.113. The summed E-state index contributed by atoms with van der Waals surface area (Å²) in [6, 6.07) is 15.7. The van der Waals surface area contributed by atoms with Crippen LogP contribution >= 0.6 is 11.8 Å². The van der Waals surface area contributed by atoms with Crippen LogP contribution in [0.1, 0.15) is 11.3 Å². The highest BCUT2D eigenvalue weighted by molar-refractivity contribution is 8.18. The molecule has 4 rings (SSSR count). The van der Waals surface area contributed by atoms with E-state index in [0.29, 0.717) is 16.6 Å². The van der Waals surface area contributed by atoms with E-state index in [1.807, 2.05) is 54.6 Å². The Balaban J connectivity index is 1.46. The summed E-state index contributed by atoms with van der Waals surface area (Å²) in [5, 5.41) is 4.51. The van der Waals surface area contributed by atoms with Gasteiger partial charge in [0.05, 0.1) is 10.4 Å². The van der Waals surface area contributed by atoms with Crippen LogP contribution in [0.3, 0.4) is 0 Å². The van der Waals surface area contributed by atoms with E-state index in [-0.39, 0.29) is 5.91 Å². The molecule has 3 aromatic rings. The van der Waals surface area contributed by atoms with Crippen molar-refractivity contribution < 1.29 is 4.79 Å². The second-order valence-corrected chi connectivity index (χ2v) is 6.81. The van der Waals surface area contributed by atoms with Crippen molar-refractivity contribution >= 4 is 39.8 Å². The topological polar surface area (TPSA) is 67.2 Å². The molecule has 0 unspecified atom stereocenters. The summed E-state index contributed by atoms with van der Waals surface area (Å²) in [6.07, 6.45) is 6.17. The Hall–Kier alpha value is -2.99. The molecule has 1 aliphatic heterocycles. The Bertz CT molecular complexity index is 1010. The Morgan fingerprint density at radius 2 is 2.00 bits per heavy atom. The molecule has 1 fully saturated rings. The quantitative estimate of drug-likeness (QED) is 0.724. The number of benzene rings is 1. The fourth-order valence-electron chi connectivity index (χ4n) is 2.65. The smallest absolute Gasteiger partial charge is 0.264 e. The normalized spacial score (nSPS) is 17.2. The predicted molar refractivity (Wildman–Crippen MR) is 106 cm³/mol. The molecule has 0 spiro atoms. The summed E-state index contributed by atoms with van der Waals surface area (Å²) in [7, 11) is 0. The van der Waals surface area contributed by atoms with Crippen LogP contribution in [-0.2, 0) is 11.2 Å². The number of pyridine rings is 2. The van der Waals surface area contributed by atoms with E-state index in [0.717, 1.165) is 28.6 Å². The van der Waals surface area contributed by atoms with Gasteiger partial charge in [-0.05, 0) is 53.7 Å². The van der Waals surface area contributed by atoms with Crippen LogP contribution in [0.25, 0.3) is 17.0 Å². The molecule has 0 bridgehead atoms. The van der Waals surface area contributed by atoms with Crippen LogP contribution in [-0.4, -0.2) is 27.6 Å². The lowest BCUT2D eigenvalue weighted by Crippen LogP contribution is -2.20. The summed E-state index contributed by atoms with van der Waals surface area (Å²) in [4.78, 5) is 25.9. The van der Waals surface area contributed by atoms with Crippen molar-refractivity contribution in [3.63, 3.8) is 0 Å². The van der Waals surface area contributed by atoms with E-state index in [4.69, 9.17) is 0 Å². The minimum Gasteiger partial charge on any atom is -0.301 e. The van der Waals surface area contributed by atoms with Crippen LogP contribution in [0, 0.1) is 0 Å². The van der Waals surface area contributed by atoms with Gasteiger partial charge < -0.3 is 5.32 Å². The Morgan fingerprint density at radius 3 is 2.88 bits per heavy atom. The van der Waals surface area contributed by atoms with E-state index in [1.165, 1.54) is 11.8 Å². The number of hydrogen-bond donors (Lipinski definition) is 1. The second-order valence-electron chi connectivity index (χ2n) is 5.78. The highest BCUT2D eigenvalue weighted by atomic mass is 32.2. The summed E-state index contributed by atoms with van der Waals surface area (Å²) in [6.45, 7) is 0.592. The molecule has 0 atom stereocenters. The van der Waals surface area contributed by atoms with Crippen LogP contribution in [0.2, 0.25) is 0 Å². The first-order valence-corrected chi connectivity index (χ1v) is 9.10. The van der Waals surface area contributed by atoms with Crippen LogP contribution in [0.4, 0.5) is 0 Å². The molecule has 26 heavy (non-hydrogen) atoms. The first kappa shape index (κ1) is 16.5. The van der Waals surface area contributed by atoms with Gasteiger partial charge in [-0.1, -0.05) is 18.2 Å². The molecule has 1 amide bonds. The zero-order valence-electron chi connectivity index (χ0n) is 13.9. The molecule has 128 valence electrons. The van der Waals surface area contributed by atoms with Crippen molar-refractivity contribution in [3.05, 3.63) is 77.1 Å². The fraction of sp³-hybridized carbons (Fsp3) is 0.100. The maximum atomic E-state index is 12.2. The summed E-state index contributed by atoms with van der Waals surface area (Å²) >= 11 is 1.37. The number of nitrogens with zero attached hydrogens (tertiary/aromatic N) is 3. The number of thioether (sulfide) groups is 1. The number of hydrogen-bond acceptors (Lipinski definition) is 5. The molecule has 0 aliphatic carbocycles. The number of carbonyl (C=O) groups excluding carboxylic acids is 1. The summed E-state index contributed by atoms with van der Waals surface area (Å²) < 4.78 is 0. The number of aliphatic imine (C=N–C) groups is 1. The lowest BCUT2D eigenvalue weighted by atomic mass is 10.1. The largest absolute Gasteiger partial charge is 0.301 e. The van der Waals surface area contributed by atoms with Gasteiger partial charge in [0.1, 0.15) is 0 Å². The van der Waals surface area contributed by atoms with Crippen molar-refractivity contribution in [2.45, 2.75) is 6.42 Å². The minimum absolute atomic E-state index is 0.113. The molecule has 1 saturated heterocycles. The molecule has 1 aliphatic rings. The summed E-state index contributed by atoms with van der Waals surface area (Å²) in [5.41, 5.74) is 2.90. The van der Waals surface area contributed by atoms with Crippen molar-refractivity contribution in [1.29, 1.82) is 0 Å². The van der Waals surface area contributed by atoms with Crippen LogP contribution in [0.5, 0.6) is 0 Å². The molecule has 0 radical (unpaired) electrons. The molecule has 1 N–H and O–H groups in total. The average molecular weight is 360 g/mol. The van der Waals surface area contributed by atoms with Crippen molar-refractivity contribution in [2.24, 2.45) is 4.99 Å². The molecular weight excluding hydrogens is 344 g/mol. The third-order valence-electron chi connectivity index (χ3n) is 3.93. The maximum Gasteiger partial charge on any atom is 0.264 e. The molecule has 5 nitrogen and oxygen atoms in total. The Kier molecular flexibility index (Phi) is 4.75. The number of amidine groups is 1. The first-order chi connectivity index (χ1) is 12.8. The number of aromatic nitrogens is 2. The zero-order valence-corrected chi connectivity index (χ0v) is 14.7. The van der Waals surface area contributed by atoms with Gasteiger partial charge in [-0.3, -0.25) is 19.8 Å². The number of amides is 1. The van der Waals surface area contributed by atoms with E-state index in [9.17, 15) is 4.79 Å². The van der Waals surface area contributed by atoms with Gasteiger partial charge in [0, 0.05) is 36.4 Å². The van der Waals surface area contributed by atoms with Crippen molar-refractivity contribution in [2.75, 3.05) is 6.54 Å². The number of fused-ring (bicyclic) bond motifs is 1. The lowest BCUT2D eigenvalue weighted by molar-refractivity contribution is -0.115. The molecule has 3 heterocycles. The highest BCUT2D eigenvalue weighted by Gasteiger charge is 2.23. The Morgan fingerprint density at radius 1 is 1.08 bits per heavy atom. The third-order valence-corrected chi connectivity index (χ3v) is 4.87. The fourth-order valence-corrected chi connectivity index (χ4v) is 3.50. The van der Waals surface area contributed by atoms with Gasteiger partial charge >= 0.3 is 0 Å². The van der Waals surface area contributed by atoms with Gasteiger partial charge in [-0.25, -0.2) is 0 Å². The number of carbonyl (C=O) groups is 1. The zero-order chi connectivity index (χ0) is 17.8. The molecular formula is C20H16N4OS. The molecule has 0 saturated carbocycles. The second kappa shape index (κ2) is 7.49. The van der Waals surface area contributed by atoms with Gasteiger partial charge in [0.15, 0.2) is 5.17 Å². The first-order valence-electron chi connectivity index (χ1n) is 8.28. The van der Waals surface area contributed by atoms with Crippen molar-refractivity contribution in [1.82, 2.24) is 15.3 Å². The monoisotopic (exact) mass is 360 g/mol. The van der Waals surface area contributed by atoms with Gasteiger partial charge in [0.2, 0.25) is 0 Å². The lowest BCUT2D eigenvalue weighted by Gasteiger charge is -1.99. The predicted octanol–water partition coefficient (Wildman–Crippen LogP) is 3.43. The van der Waals surface area contributed by atoms with Gasteiger partial charge in [0.25, 0.3) is 5.91 Å². The van der Waals surface area contributed by atoms with Crippen LogP contribution < -0.4 is 5.32 Å². The molecule has 6 heteroatoms. The SMILES string of the molecule is O=C1NC(=NCCc2ccccn2)S/C1=C\c1ccc2ncccc2c1. The third kappa shape index (κ3) is 3.81. The average Bonchev–Trinajstić information content (AvgIpc) is 3.02. The molecule has 1 aromatic carbocycles.